The molecule has 0 bridgehead atoms. The molecule has 2 rings (SSSR count). The fraction of sp³-hybridized carbons (Fsp3) is 0.125. The van der Waals surface area contributed by atoms with Gasteiger partial charge in [0.25, 0.3) is 0 Å². The zero-order valence-corrected chi connectivity index (χ0v) is 7.13. The maximum Gasteiger partial charge on any atom is 0.189 e. The lowest BCUT2D eigenvalue weighted by Crippen LogP contribution is -1.82. The second-order valence-corrected chi connectivity index (χ2v) is 2.73. The van der Waals surface area contributed by atoms with Crippen molar-refractivity contribution >= 4 is 22.6 Å². The summed E-state index contributed by atoms with van der Waals surface area (Å²) in [5, 5.41) is 4.97. The lowest BCUT2D eigenvalue weighted by Gasteiger charge is -1.99. The first-order valence-electron chi connectivity index (χ1n) is 3.40. The summed E-state index contributed by atoms with van der Waals surface area (Å²) >= 11 is 5.84. The van der Waals surface area contributed by atoms with Crippen molar-refractivity contribution in [2.24, 2.45) is 0 Å². The van der Waals surface area contributed by atoms with Crippen LogP contribution in [-0.4, -0.2) is 12.3 Å². The highest BCUT2D eigenvalue weighted by Crippen LogP contribution is 2.30. The maximum absolute atomic E-state index is 5.84. The van der Waals surface area contributed by atoms with Crippen LogP contribution in [0.25, 0.3) is 11.0 Å². The molecule has 1 aromatic heterocycles. The van der Waals surface area contributed by atoms with Crippen molar-refractivity contribution in [3.8, 4) is 5.75 Å². The number of rotatable bonds is 1. The third kappa shape index (κ3) is 0.940. The molecule has 0 unspecified atom stereocenters. The number of hydrogen-bond donors (Lipinski definition) is 0. The Hall–Kier alpha value is -1.22. The zero-order chi connectivity index (χ0) is 8.55. The first-order valence-corrected chi connectivity index (χ1v) is 3.77. The summed E-state index contributed by atoms with van der Waals surface area (Å²) in [7, 11) is 1.59. The molecule has 0 radical (unpaired) electrons. The van der Waals surface area contributed by atoms with Crippen LogP contribution in [-0.2, 0) is 0 Å². The quantitative estimate of drug-likeness (QED) is 0.682. The van der Waals surface area contributed by atoms with Crippen molar-refractivity contribution in [2.45, 2.75) is 0 Å². The predicted octanol–water partition coefficient (Wildman–Crippen LogP) is 2.49. The highest BCUT2D eigenvalue weighted by molar-refractivity contribution is 6.35. The van der Waals surface area contributed by atoms with Gasteiger partial charge in [0, 0.05) is 0 Å². The number of benzene rings is 1. The van der Waals surface area contributed by atoms with E-state index in [1.807, 2.05) is 0 Å². The van der Waals surface area contributed by atoms with E-state index in [1.165, 1.54) is 0 Å². The number of nitrogens with zero attached hydrogens (tertiary/aromatic N) is 1. The summed E-state index contributed by atoms with van der Waals surface area (Å²) in [5.74, 6) is 0.718. The average molecular weight is 184 g/mol. The molecule has 0 amide bonds. The average Bonchev–Trinajstić information content (AvgIpc) is 2.54. The first-order chi connectivity index (χ1) is 5.83. The Bertz CT molecular complexity index is 410. The van der Waals surface area contributed by atoms with E-state index in [0.717, 1.165) is 11.1 Å². The number of hydrogen-bond acceptors (Lipinski definition) is 3. The highest BCUT2D eigenvalue weighted by atomic mass is 35.5. The second-order valence-electron chi connectivity index (χ2n) is 2.32. The smallest absolute Gasteiger partial charge is 0.189 e. The van der Waals surface area contributed by atoms with Crippen LogP contribution < -0.4 is 4.74 Å². The third-order valence-corrected chi connectivity index (χ3v) is 1.95. The molecule has 0 fully saturated rings. The van der Waals surface area contributed by atoms with E-state index in [9.17, 15) is 0 Å². The van der Waals surface area contributed by atoms with E-state index in [4.69, 9.17) is 20.9 Å². The molecule has 4 heteroatoms. The van der Waals surface area contributed by atoms with Crippen LogP contribution in [0.3, 0.4) is 0 Å². The van der Waals surface area contributed by atoms with Gasteiger partial charge in [-0.3, -0.25) is 0 Å². The third-order valence-electron chi connectivity index (χ3n) is 1.65. The molecule has 1 heterocycles. The Balaban J connectivity index is 2.82. The van der Waals surface area contributed by atoms with Crippen molar-refractivity contribution in [3.63, 3.8) is 0 Å². The van der Waals surface area contributed by atoms with Crippen molar-refractivity contribution in [1.29, 1.82) is 0 Å². The molecule has 0 aliphatic rings. The van der Waals surface area contributed by atoms with Crippen LogP contribution in [0.2, 0.25) is 5.02 Å². The summed E-state index contributed by atoms with van der Waals surface area (Å²) in [6.45, 7) is 0. The molecule has 0 saturated carbocycles. The Morgan fingerprint density at radius 3 is 3.08 bits per heavy atom. The van der Waals surface area contributed by atoms with Gasteiger partial charge in [0.05, 0.1) is 23.7 Å². The largest absolute Gasteiger partial charge is 0.496 e. The van der Waals surface area contributed by atoms with Crippen molar-refractivity contribution < 1.29 is 9.26 Å². The molecular formula is C8H6ClNO2. The number of ether oxygens (including phenoxy) is 1. The summed E-state index contributed by atoms with van der Waals surface area (Å²) in [5.41, 5.74) is 0.566. The van der Waals surface area contributed by atoms with Crippen LogP contribution >= 0.6 is 11.6 Å². The van der Waals surface area contributed by atoms with Gasteiger partial charge in [0.1, 0.15) is 5.75 Å². The van der Waals surface area contributed by atoms with E-state index < -0.39 is 0 Å². The van der Waals surface area contributed by atoms with Crippen LogP contribution in [0.4, 0.5) is 0 Å². The van der Waals surface area contributed by atoms with Crippen LogP contribution in [0, 0.1) is 0 Å². The normalized spacial score (nSPS) is 10.5. The zero-order valence-electron chi connectivity index (χ0n) is 6.37. The van der Waals surface area contributed by atoms with Gasteiger partial charge in [-0.2, -0.15) is 0 Å². The van der Waals surface area contributed by atoms with E-state index in [-0.39, 0.29) is 0 Å². The Morgan fingerprint density at radius 2 is 2.33 bits per heavy atom. The molecule has 0 aliphatic heterocycles. The minimum Gasteiger partial charge on any atom is -0.496 e. The van der Waals surface area contributed by atoms with E-state index >= 15 is 0 Å². The van der Waals surface area contributed by atoms with Gasteiger partial charge >= 0.3 is 0 Å². The fourth-order valence-electron chi connectivity index (χ4n) is 1.08. The molecule has 0 N–H and O–H groups in total. The number of halogens is 1. The van der Waals surface area contributed by atoms with E-state index in [2.05, 4.69) is 5.16 Å². The molecule has 2 aromatic rings. The van der Waals surface area contributed by atoms with Gasteiger partial charge in [0.2, 0.25) is 0 Å². The van der Waals surface area contributed by atoms with Crippen molar-refractivity contribution in [2.75, 3.05) is 7.11 Å². The van der Waals surface area contributed by atoms with Gasteiger partial charge in [-0.05, 0) is 12.1 Å². The SMILES string of the molecule is COc1ccc(Cl)c2oncc12. The van der Waals surface area contributed by atoms with Gasteiger partial charge in [-0.25, -0.2) is 0 Å². The Morgan fingerprint density at radius 1 is 1.50 bits per heavy atom. The number of methoxy groups -OCH3 is 1. The Kier molecular flexibility index (Phi) is 1.66. The topological polar surface area (TPSA) is 35.3 Å². The van der Waals surface area contributed by atoms with Crippen molar-refractivity contribution in [3.05, 3.63) is 23.4 Å². The van der Waals surface area contributed by atoms with E-state index in [1.54, 1.807) is 25.4 Å². The van der Waals surface area contributed by atoms with E-state index in [0.29, 0.717) is 10.6 Å². The standard InChI is InChI=1S/C8H6ClNO2/c1-11-7-3-2-6(9)8-5(7)4-10-12-8/h2-4H,1H3. The van der Waals surface area contributed by atoms with Gasteiger partial charge in [0.15, 0.2) is 5.58 Å². The molecule has 12 heavy (non-hydrogen) atoms. The monoisotopic (exact) mass is 183 g/mol. The predicted molar refractivity (Wildman–Crippen MR) is 45.6 cm³/mol. The Labute approximate surface area is 73.9 Å². The van der Waals surface area contributed by atoms with Gasteiger partial charge in [-0.15, -0.1) is 0 Å². The highest BCUT2D eigenvalue weighted by Gasteiger charge is 2.08. The lowest BCUT2D eigenvalue weighted by molar-refractivity contribution is 0.419. The summed E-state index contributed by atoms with van der Waals surface area (Å²) in [6, 6.07) is 3.50. The summed E-state index contributed by atoms with van der Waals surface area (Å²) in [4.78, 5) is 0. The minimum atomic E-state index is 0.545. The first kappa shape index (κ1) is 7.43. The van der Waals surface area contributed by atoms with Gasteiger partial charge < -0.3 is 9.26 Å². The molecule has 3 nitrogen and oxygen atoms in total. The molecule has 0 aliphatic carbocycles. The van der Waals surface area contributed by atoms with Crippen LogP contribution in [0.5, 0.6) is 5.75 Å². The maximum atomic E-state index is 5.84. The molecular weight excluding hydrogens is 178 g/mol. The summed E-state index contributed by atoms with van der Waals surface area (Å²) < 4.78 is 10.0. The number of fused-ring (bicyclic) bond motifs is 1. The van der Waals surface area contributed by atoms with Crippen molar-refractivity contribution in [1.82, 2.24) is 5.16 Å². The van der Waals surface area contributed by atoms with Gasteiger partial charge in [-0.1, -0.05) is 16.8 Å². The fourth-order valence-corrected chi connectivity index (χ4v) is 1.28. The minimum absolute atomic E-state index is 0.545. The van der Waals surface area contributed by atoms with Crippen LogP contribution in [0.1, 0.15) is 0 Å². The molecule has 0 spiro atoms. The molecule has 62 valence electrons. The van der Waals surface area contributed by atoms with Crippen LogP contribution in [0.15, 0.2) is 22.9 Å². The lowest BCUT2D eigenvalue weighted by atomic mass is 10.2. The molecule has 0 atom stereocenters. The summed E-state index contributed by atoms with van der Waals surface area (Å²) in [6.07, 6.45) is 1.58. The molecule has 0 saturated heterocycles. The number of aromatic nitrogens is 1. The second kappa shape index (κ2) is 2.68. The molecule has 1 aromatic carbocycles.